The van der Waals surface area contributed by atoms with Crippen LogP contribution in [0.4, 0.5) is 5.13 Å². The molecule has 0 radical (unpaired) electrons. The molecule has 0 saturated carbocycles. The Morgan fingerprint density at radius 1 is 1.04 bits per heavy atom. The molecule has 2 nitrogen and oxygen atoms in total. The van der Waals surface area contributed by atoms with Crippen molar-refractivity contribution in [1.29, 1.82) is 0 Å². The molecule has 0 bridgehead atoms. The predicted octanol–water partition coefficient (Wildman–Crippen LogP) is 5.85. The quantitative estimate of drug-likeness (QED) is 0.637. The van der Waals surface area contributed by atoms with Crippen LogP contribution in [-0.2, 0) is 6.42 Å². The Labute approximate surface area is 142 Å². The summed E-state index contributed by atoms with van der Waals surface area (Å²) >= 11 is 1.72. The van der Waals surface area contributed by atoms with E-state index in [2.05, 4.69) is 74.6 Å². The fraction of sp³-hybridized carbons (Fsp3) is 0.250. The van der Waals surface area contributed by atoms with Gasteiger partial charge in [-0.1, -0.05) is 61.5 Å². The molecule has 0 aliphatic carbocycles. The predicted molar refractivity (Wildman–Crippen MR) is 100 cm³/mol. The van der Waals surface area contributed by atoms with Crippen molar-refractivity contribution in [2.75, 3.05) is 5.32 Å². The summed E-state index contributed by atoms with van der Waals surface area (Å²) in [5.74, 6) is 0. The lowest BCUT2D eigenvalue weighted by atomic mass is 10.1. The van der Waals surface area contributed by atoms with E-state index in [1.54, 1.807) is 11.3 Å². The number of aryl methyl sites for hydroxylation is 2. The van der Waals surface area contributed by atoms with Gasteiger partial charge in [-0.2, -0.15) is 0 Å². The summed E-state index contributed by atoms with van der Waals surface area (Å²) < 4.78 is 0. The van der Waals surface area contributed by atoms with Crippen molar-refractivity contribution >= 4 is 16.5 Å². The van der Waals surface area contributed by atoms with Gasteiger partial charge in [-0.05, 0) is 31.4 Å². The number of nitrogens with zero attached hydrogens (tertiary/aromatic N) is 1. The standard InChI is InChI=1S/C20H22N2S/c1-4-16-10-12-18(13-11-16)19-15(3)23-20(22-19)21-14(2)17-8-6-5-7-9-17/h5-14H,4H2,1-3H3,(H,21,22)/t14-/m0/s1. The fourth-order valence-electron chi connectivity index (χ4n) is 2.63. The Morgan fingerprint density at radius 2 is 1.74 bits per heavy atom. The molecule has 2 aromatic carbocycles. The minimum Gasteiger partial charge on any atom is -0.355 e. The zero-order valence-electron chi connectivity index (χ0n) is 13.8. The van der Waals surface area contributed by atoms with E-state index in [9.17, 15) is 0 Å². The third kappa shape index (κ3) is 3.62. The molecule has 0 saturated heterocycles. The van der Waals surface area contributed by atoms with Crippen molar-refractivity contribution in [2.24, 2.45) is 0 Å². The lowest BCUT2D eigenvalue weighted by Crippen LogP contribution is -2.05. The van der Waals surface area contributed by atoms with Gasteiger partial charge in [0.05, 0.1) is 11.7 Å². The average Bonchev–Trinajstić information content (AvgIpc) is 2.96. The van der Waals surface area contributed by atoms with Gasteiger partial charge in [0.15, 0.2) is 5.13 Å². The van der Waals surface area contributed by atoms with Gasteiger partial charge in [-0.3, -0.25) is 0 Å². The zero-order chi connectivity index (χ0) is 16.2. The largest absolute Gasteiger partial charge is 0.355 e. The molecule has 3 rings (SSSR count). The molecule has 118 valence electrons. The molecule has 3 aromatic rings. The molecule has 0 amide bonds. The van der Waals surface area contributed by atoms with Crippen LogP contribution in [0.1, 0.15) is 35.9 Å². The summed E-state index contributed by atoms with van der Waals surface area (Å²) in [5.41, 5.74) is 4.91. The van der Waals surface area contributed by atoms with Crippen molar-refractivity contribution in [3.8, 4) is 11.3 Å². The third-order valence-corrected chi connectivity index (χ3v) is 4.97. The van der Waals surface area contributed by atoms with Crippen LogP contribution in [0, 0.1) is 6.92 Å². The molecule has 23 heavy (non-hydrogen) atoms. The first-order valence-corrected chi connectivity index (χ1v) is 8.87. The first kappa shape index (κ1) is 15.8. The molecule has 1 atom stereocenters. The number of thiazole rings is 1. The van der Waals surface area contributed by atoms with Crippen LogP contribution in [0.25, 0.3) is 11.3 Å². The van der Waals surface area contributed by atoms with Gasteiger partial charge in [0.2, 0.25) is 0 Å². The normalized spacial score (nSPS) is 12.1. The van der Waals surface area contributed by atoms with Gasteiger partial charge in [-0.25, -0.2) is 4.98 Å². The Balaban J connectivity index is 1.80. The van der Waals surface area contributed by atoms with Crippen LogP contribution in [-0.4, -0.2) is 4.98 Å². The molecule has 3 heteroatoms. The second-order valence-corrected chi connectivity index (χ2v) is 6.95. The number of anilines is 1. The zero-order valence-corrected chi connectivity index (χ0v) is 14.7. The van der Waals surface area contributed by atoms with E-state index in [0.29, 0.717) is 0 Å². The van der Waals surface area contributed by atoms with Crippen molar-refractivity contribution in [2.45, 2.75) is 33.2 Å². The van der Waals surface area contributed by atoms with Crippen molar-refractivity contribution < 1.29 is 0 Å². The number of nitrogens with one attached hydrogen (secondary N) is 1. The van der Waals surface area contributed by atoms with Gasteiger partial charge >= 0.3 is 0 Å². The fourth-order valence-corrected chi connectivity index (χ4v) is 3.56. The van der Waals surface area contributed by atoms with E-state index in [1.807, 2.05) is 6.07 Å². The van der Waals surface area contributed by atoms with Crippen LogP contribution < -0.4 is 5.32 Å². The summed E-state index contributed by atoms with van der Waals surface area (Å²) in [6, 6.07) is 19.4. The highest BCUT2D eigenvalue weighted by Gasteiger charge is 2.12. The average molecular weight is 322 g/mol. The molecule has 0 fully saturated rings. The molecule has 1 aromatic heterocycles. The van der Waals surface area contributed by atoms with Crippen LogP contribution in [0.2, 0.25) is 0 Å². The Morgan fingerprint density at radius 3 is 2.39 bits per heavy atom. The maximum atomic E-state index is 4.81. The molecule has 1 N–H and O–H groups in total. The summed E-state index contributed by atoms with van der Waals surface area (Å²) in [7, 11) is 0. The Hall–Kier alpha value is -2.13. The first-order chi connectivity index (χ1) is 11.2. The third-order valence-electron chi connectivity index (χ3n) is 4.07. The van der Waals surface area contributed by atoms with E-state index in [4.69, 9.17) is 4.98 Å². The van der Waals surface area contributed by atoms with Gasteiger partial charge < -0.3 is 5.32 Å². The van der Waals surface area contributed by atoms with Gasteiger partial charge in [0.1, 0.15) is 0 Å². The monoisotopic (exact) mass is 322 g/mol. The molecule has 0 unspecified atom stereocenters. The highest BCUT2D eigenvalue weighted by atomic mass is 32.1. The van der Waals surface area contributed by atoms with Crippen LogP contribution >= 0.6 is 11.3 Å². The minimum atomic E-state index is 0.247. The van der Waals surface area contributed by atoms with Crippen LogP contribution in [0.15, 0.2) is 54.6 Å². The highest BCUT2D eigenvalue weighted by Crippen LogP contribution is 2.32. The lowest BCUT2D eigenvalue weighted by molar-refractivity contribution is 0.882. The lowest BCUT2D eigenvalue weighted by Gasteiger charge is -2.12. The molecule has 0 aliphatic rings. The highest BCUT2D eigenvalue weighted by molar-refractivity contribution is 7.16. The second kappa shape index (κ2) is 6.97. The Bertz CT molecular complexity index is 760. The van der Waals surface area contributed by atoms with E-state index in [-0.39, 0.29) is 6.04 Å². The second-order valence-electron chi connectivity index (χ2n) is 5.75. The number of benzene rings is 2. The summed E-state index contributed by atoms with van der Waals surface area (Å²) in [5, 5.41) is 4.50. The van der Waals surface area contributed by atoms with E-state index in [1.165, 1.54) is 21.6 Å². The number of aromatic nitrogens is 1. The summed E-state index contributed by atoms with van der Waals surface area (Å²) in [6.07, 6.45) is 1.07. The molecular weight excluding hydrogens is 300 g/mol. The Kier molecular flexibility index (Phi) is 4.77. The van der Waals surface area contributed by atoms with Crippen LogP contribution in [0.3, 0.4) is 0 Å². The first-order valence-electron chi connectivity index (χ1n) is 8.05. The van der Waals surface area contributed by atoms with Crippen LogP contribution in [0.5, 0.6) is 0 Å². The van der Waals surface area contributed by atoms with Crippen molar-refractivity contribution in [3.05, 3.63) is 70.6 Å². The van der Waals surface area contributed by atoms with Crippen molar-refractivity contribution in [1.82, 2.24) is 4.98 Å². The summed E-state index contributed by atoms with van der Waals surface area (Å²) in [4.78, 5) is 6.06. The van der Waals surface area contributed by atoms with Gasteiger partial charge in [0, 0.05) is 10.4 Å². The number of hydrogen-bond donors (Lipinski definition) is 1. The smallest absolute Gasteiger partial charge is 0.183 e. The van der Waals surface area contributed by atoms with E-state index in [0.717, 1.165) is 17.2 Å². The van der Waals surface area contributed by atoms with E-state index < -0.39 is 0 Å². The molecular formula is C20H22N2S. The molecule has 0 spiro atoms. The SMILES string of the molecule is CCc1ccc(-c2nc(N[C@@H](C)c3ccccc3)sc2C)cc1. The summed E-state index contributed by atoms with van der Waals surface area (Å²) in [6.45, 7) is 6.48. The van der Waals surface area contributed by atoms with E-state index >= 15 is 0 Å². The number of hydrogen-bond acceptors (Lipinski definition) is 3. The number of rotatable bonds is 5. The molecule has 0 aliphatic heterocycles. The maximum absolute atomic E-state index is 4.81. The van der Waals surface area contributed by atoms with Crippen molar-refractivity contribution in [3.63, 3.8) is 0 Å². The minimum absolute atomic E-state index is 0.247. The topological polar surface area (TPSA) is 24.9 Å². The maximum Gasteiger partial charge on any atom is 0.183 e. The van der Waals surface area contributed by atoms with Gasteiger partial charge in [0.25, 0.3) is 0 Å². The molecule has 1 heterocycles. The van der Waals surface area contributed by atoms with Gasteiger partial charge in [-0.15, -0.1) is 11.3 Å².